The predicted molar refractivity (Wildman–Crippen MR) is 60.1 cm³/mol. The molecule has 0 atom stereocenters. The second kappa shape index (κ2) is 5.40. The summed E-state index contributed by atoms with van der Waals surface area (Å²) in [6, 6.07) is 3.10. The van der Waals surface area contributed by atoms with Gasteiger partial charge >= 0.3 is 12.1 Å². The fraction of sp³-hybridized carbons (Fsp3) is 0.273. The molecule has 0 amide bonds. The normalized spacial score (nSPS) is 10.9. The molecule has 3 nitrogen and oxygen atoms in total. The van der Waals surface area contributed by atoms with E-state index < -0.39 is 23.3 Å². The van der Waals surface area contributed by atoms with Crippen LogP contribution in [0, 0.1) is 11.3 Å². The van der Waals surface area contributed by atoms with E-state index in [1.165, 1.54) is 6.07 Å². The maximum absolute atomic E-state index is 12.7. The van der Waals surface area contributed by atoms with Crippen LogP contribution in [0.1, 0.15) is 27.0 Å². The lowest BCUT2D eigenvalue weighted by atomic mass is 9.99. The van der Waals surface area contributed by atoms with Gasteiger partial charge in [-0.3, -0.25) is 0 Å². The first-order valence-electron chi connectivity index (χ1n) is 4.63. The van der Waals surface area contributed by atoms with Crippen LogP contribution in [0.3, 0.4) is 0 Å². The molecule has 0 saturated carbocycles. The number of benzene rings is 1. The third-order valence-corrected chi connectivity index (χ3v) is 2.82. The zero-order valence-corrected chi connectivity index (χ0v) is 10.7. The third kappa shape index (κ3) is 2.82. The lowest BCUT2D eigenvalue weighted by Gasteiger charge is -2.13. The van der Waals surface area contributed by atoms with Crippen LogP contribution in [0.15, 0.2) is 12.1 Å². The first-order valence-corrected chi connectivity index (χ1v) is 5.75. The van der Waals surface area contributed by atoms with E-state index >= 15 is 0 Å². The molecule has 1 aromatic carbocycles. The Morgan fingerprint density at radius 2 is 2.11 bits per heavy atom. The lowest BCUT2D eigenvalue weighted by Crippen LogP contribution is -2.12. The number of rotatable bonds is 2. The first-order chi connectivity index (χ1) is 8.35. The molecule has 0 aliphatic heterocycles. The first kappa shape index (κ1) is 14.5. The molecule has 0 N–H and O–H groups in total. The number of hydrogen-bond acceptors (Lipinski definition) is 3. The number of carbonyl (C=O) groups excluding carboxylic acids is 1. The molecule has 0 aliphatic carbocycles. The van der Waals surface area contributed by atoms with Crippen molar-refractivity contribution in [2.45, 2.75) is 11.5 Å². The smallest absolute Gasteiger partial charge is 0.417 e. The van der Waals surface area contributed by atoms with Gasteiger partial charge in [-0.15, -0.1) is 0 Å². The molecule has 1 rings (SSSR count). The summed E-state index contributed by atoms with van der Waals surface area (Å²) < 4.78 is 42.5. The van der Waals surface area contributed by atoms with Gasteiger partial charge in [0.1, 0.15) is 0 Å². The van der Waals surface area contributed by atoms with Crippen LogP contribution in [-0.2, 0) is 16.2 Å². The molecular weight excluding hydrogens is 315 g/mol. The quantitative estimate of drug-likeness (QED) is 0.620. The Balaban J connectivity index is 3.53. The largest absolute Gasteiger partial charge is 0.465 e. The second-order valence-electron chi connectivity index (χ2n) is 3.29. The maximum Gasteiger partial charge on any atom is 0.417 e. The van der Waals surface area contributed by atoms with Crippen LogP contribution in [0.25, 0.3) is 0 Å². The van der Waals surface area contributed by atoms with E-state index in [1.807, 2.05) is 0 Å². The lowest BCUT2D eigenvalue weighted by molar-refractivity contribution is -0.137. The average molecular weight is 322 g/mol. The molecule has 0 radical (unpaired) electrons. The highest BCUT2D eigenvalue weighted by Crippen LogP contribution is 2.34. The van der Waals surface area contributed by atoms with Crippen LogP contribution < -0.4 is 0 Å². The zero-order chi connectivity index (χ0) is 13.9. The summed E-state index contributed by atoms with van der Waals surface area (Å²) in [5, 5.41) is 8.76. The van der Waals surface area contributed by atoms with Crippen molar-refractivity contribution < 1.29 is 22.7 Å². The molecule has 1 aromatic rings. The number of nitriles is 1. The molecule has 18 heavy (non-hydrogen) atoms. The van der Waals surface area contributed by atoms with Crippen molar-refractivity contribution in [1.82, 2.24) is 0 Å². The minimum Gasteiger partial charge on any atom is -0.465 e. The summed E-state index contributed by atoms with van der Waals surface area (Å²) in [4.78, 5) is 11.4. The van der Waals surface area contributed by atoms with Crippen LogP contribution in [0.2, 0.25) is 0 Å². The van der Waals surface area contributed by atoms with Gasteiger partial charge in [-0.05, 0) is 17.7 Å². The van der Waals surface area contributed by atoms with E-state index in [-0.39, 0.29) is 16.5 Å². The summed E-state index contributed by atoms with van der Waals surface area (Å²) in [5.74, 6) is -0.783. The zero-order valence-electron chi connectivity index (χ0n) is 9.14. The highest BCUT2D eigenvalue weighted by atomic mass is 79.9. The second-order valence-corrected chi connectivity index (χ2v) is 3.85. The maximum atomic E-state index is 12.7. The molecule has 0 bridgehead atoms. The summed E-state index contributed by atoms with van der Waals surface area (Å²) in [5.41, 5.74) is -1.60. The number of esters is 1. The molecule has 0 unspecified atom stereocenters. The van der Waals surface area contributed by atoms with Gasteiger partial charge in [0.15, 0.2) is 0 Å². The van der Waals surface area contributed by atoms with Crippen LogP contribution >= 0.6 is 15.9 Å². The monoisotopic (exact) mass is 321 g/mol. The molecular formula is C11H7BrF3NO2. The third-order valence-electron chi connectivity index (χ3n) is 2.22. The molecule has 0 heterocycles. The molecule has 0 saturated heterocycles. The van der Waals surface area contributed by atoms with Gasteiger partial charge in [-0.2, -0.15) is 18.4 Å². The van der Waals surface area contributed by atoms with E-state index in [9.17, 15) is 18.0 Å². The number of hydrogen-bond donors (Lipinski definition) is 0. The Morgan fingerprint density at radius 1 is 1.50 bits per heavy atom. The Bertz CT molecular complexity index is 520. The average Bonchev–Trinajstić information content (AvgIpc) is 2.34. The van der Waals surface area contributed by atoms with Gasteiger partial charge in [0.25, 0.3) is 0 Å². The van der Waals surface area contributed by atoms with Crippen LogP contribution in [0.5, 0.6) is 0 Å². The summed E-state index contributed by atoms with van der Waals surface area (Å²) in [7, 11) is 1.12. The van der Waals surface area contributed by atoms with E-state index in [0.29, 0.717) is 0 Å². The molecule has 96 valence electrons. The Hall–Kier alpha value is -1.55. The van der Waals surface area contributed by atoms with Gasteiger partial charge in [0, 0.05) is 5.33 Å². The van der Waals surface area contributed by atoms with Gasteiger partial charge in [0.2, 0.25) is 0 Å². The number of methoxy groups -OCH3 is 1. The highest BCUT2D eigenvalue weighted by Gasteiger charge is 2.35. The predicted octanol–water partition coefficient (Wildman–Crippen LogP) is 3.26. The summed E-state index contributed by atoms with van der Waals surface area (Å²) >= 11 is 3.00. The van der Waals surface area contributed by atoms with Crippen molar-refractivity contribution in [3.05, 3.63) is 34.4 Å². The van der Waals surface area contributed by atoms with Gasteiger partial charge in [-0.1, -0.05) is 15.9 Å². The van der Waals surface area contributed by atoms with Crippen molar-refractivity contribution >= 4 is 21.9 Å². The standard InChI is InChI=1S/C11H7BrF3NO2/c1-18-10(17)8-2-7(5-16)9(11(13,14)15)3-6(8)4-12/h2-3H,4H2,1H3. The Morgan fingerprint density at radius 3 is 2.50 bits per heavy atom. The summed E-state index contributed by atoms with van der Waals surface area (Å²) in [6.45, 7) is 0. The molecule has 7 heteroatoms. The number of halogens is 4. The van der Waals surface area contributed by atoms with Crippen LogP contribution in [-0.4, -0.2) is 13.1 Å². The fourth-order valence-corrected chi connectivity index (χ4v) is 1.85. The number of ether oxygens (including phenoxy) is 1. The van der Waals surface area contributed by atoms with Crippen molar-refractivity contribution in [1.29, 1.82) is 5.26 Å². The van der Waals surface area contributed by atoms with E-state index in [0.717, 1.165) is 19.2 Å². The number of nitrogens with zero attached hydrogens (tertiary/aromatic N) is 1. The highest BCUT2D eigenvalue weighted by molar-refractivity contribution is 9.08. The van der Waals surface area contributed by atoms with E-state index in [4.69, 9.17) is 5.26 Å². The molecule has 0 aliphatic rings. The van der Waals surface area contributed by atoms with Gasteiger partial charge in [-0.25, -0.2) is 4.79 Å². The van der Waals surface area contributed by atoms with Crippen LogP contribution in [0.4, 0.5) is 13.2 Å². The van der Waals surface area contributed by atoms with Gasteiger partial charge < -0.3 is 4.74 Å². The Kier molecular flexibility index (Phi) is 4.35. The number of carbonyl (C=O) groups is 1. The van der Waals surface area contributed by atoms with E-state index in [1.54, 1.807) is 0 Å². The number of alkyl halides is 4. The van der Waals surface area contributed by atoms with Crippen molar-refractivity contribution in [2.75, 3.05) is 7.11 Å². The molecule has 0 aromatic heterocycles. The molecule has 0 spiro atoms. The van der Waals surface area contributed by atoms with Crippen molar-refractivity contribution in [2.24, 2.45) is 0 Å². The fourth-order valence-electron chi connectivity index (χ4n) is 1.38. The minimum atomic E-state index is -4.64. The van der Waals surface area contributed by atoms with Crippen molar-refractivity contribution in [3.8, 4) is 6.07 Å². The topological polar surface area (TPSA) is 50.1 Å². The summed E-state index contributed by atoms with van der Waals surface area (Å²) in [6.07, 6.45) is -4.64. The molecule has 0 fully saturated rings. The van der Waals surface area contributed by atoms with Crippen molar-refractivity contribution in [3.63, 3.8) is 0 Å². The SMILES string of the molecule is COC(=O)c1cc(C#N)c(C(F)(F)F)cc1CBr. The van der Waals surface area contributed by atoms with Gasteiger partial charge in [0.05, 0.1) is 29.9 Å². The van der Waals surface area contributed by atoms with E-state index in [2.05, 4.69) is 20.7 Å². The minimum absolute atomic E-state index is 0.0478. The Labute approximate surface area is 109 Å².